The molecule has 0 spiro atoms. The number of imidazole rings is 1. The first-order valence-electron chi connectivity index (χ1n) is 13.8. The SMILES string of the molecule is CN(C)CCNC(=O)c1nc(NCC(c2ccccc2)c2ccccc2)c2ncn(C3CCC(CO)O3)c2n1.CO. The fourth-order valence-electron chi connectivity index (χ4n) is 4.85. The van der Waals surface area contributed by atoms with Gasteiger partial charge in [0.25, 0.3) is 5.91 Å². The zero-order valence-electron chi connectivity index (χ0n) is 23.8. The van der Waals surface area contributed by atoms with E-state index in [0.717, 1.165) is 20.0 Å². The third kappa shape index (κ3) is 7.44. The summed E-state index contributed by atoms with van der Waals surface area (Å²) in [6, 6.07) is 20.6. The summed E-state index contributed by atoms with van der Waals surface area (Å²) in [6.07, 6.45) is 2.59. The molecular formula is C30H39N7O4. The smallest absolute Gasteiger partial charge is 0.289 e. The number of hydrogen-bond acceptors (Lipinski definition) is 9. The molecule has 3 heterocycles. The molecule has 2 aromatic heterocycles. The standard InChI is InChI=1S/C29H35N7O3.CH4O/c1-35(2)16-15-30-29(38)27-33-26(25-28(34-27)36(19-32-25)24-14-13-22(18-37)39-24)31-17-23(20-9-5-3-6-10-20)21-11-7-4-8-12-21;1-2/h3-12,19,22-24,37H,13-18H2,1-2H3,(H,30,38)(H,31,33,34);2H,1H3. The van der Waals surface area contributed by atoms with Crippen molar-refractivity contribution < 1.29 is 19.7 Å². The van der Waals surface area contributed by atoms with Crippen molar-refractivity contribution in [2.45, 2.75) is 31.1 Å². The number of nitrogens with zero attached hydrogens (tertiary/aromatic N) is 5. The van der Waals surface area contributed by atoms with Gasteiger partial charge in [-0.15, -0.1) is 0 Å². The summed E-state index contributed by atoms with van der Waals surface area (Å²) in [5.41, 5.74) is 3.42. The lowest BCUT2D eigenvalue weighted by Crippen LogP contribution is -2.32. The third-order valence-corrected chi connectivity index (χ3v) is 6.95. The van der Waals surface area contributed by atoms with Gasteiger partial charge in [-0.05, 0) is 38.1 Å². The molecule has 1 saturated heterocycles. The number of likely N-dealkylation sites (N-methyl/N-ethyl adjacent to an activating group) is 1. The topological polar surface area (TPSA) is 138 Å². The van der Waals surface area contributed by atoms with Gasteiger partial charge >= 0.3 is 0 Å². The highest BCUT2D eigenvalue weighted by molar-refractivity contribution is 5.94. The van der Waals surface area contributed by atoms with Gasteiger partial charge in [0, 0.05) is 32.7 Å². The Kier molecular flexibility index (Phi) is 10.7. The zero-order chi connectivity index (χ0) is 29.2. The van der Waals surface area contributed by atoms with E-state index < -0.39 is 0 Å². The Morgan fingerprint density at radius 1 is 1.05 bits per heavy atom. The highest BCUT2D eigenvalue weighted by atomic mass is 16.5. The molecule has 5 rings (SSSR count). The van der Waals surface area contributed by atoms with Crippen LogP contribution in [0.4, 0.5) is 5.82 Å². The molecule has 0 aliphatic carbocycles. The molecule has 41 heavy (non-hydrogen) atoms. The van der Waals surface area contributed by atoms with Crippen LogP contribution in [0.25, 0.3) is 11.2 Å². The van der Waals surface area contributed by atoms with Crippen LogP contribution in [-0.4, -0.2) is 94.1 Å². The Labute approximate surface area is 240 Å². The van der Waals surface area contributed by atoms with Crippen LogP contribution in [0.3, 0.4) is 0 Å². The quantitative estimate of drug-likeness (QED) is 0.218. The number of fused-ring (bicyclic) bond motifs is 1. The number of benzene rings is 2. The maximum absolute atomic E-state index is 13.1. The molecule has 4 aromatic rings. The van der Waals surface area contributed by atoms with Gasteiger partial charge in [-0.25, -0.2) is 15.0 Å². The van der Waals surface area contributed by atoms with E-state index in [0.29, 0.717) is 36.6 Å². The number of rotatable bonds is 11. The van der Waals surface area contributed by atoms with E-state index in [1.165, 1.54) is 11.1 Å². The van der Waals surface area contributed by atoms with E-state index in [-0.39, 0.29) is 36.6 Å². The molecule has 0 radical (unpaired) electrons. The minimum atomic E-state index is -0.349. The van der Waals surface area contributed by atoms with Gasteiger partial charge in [0.15, 0.2) is 17.0 Å². The monoisotopic (exact) mass is 561 g/mol. The van der Waals surface area contributed by atoms with Crippen LogP contribution >= 0.6 is 0 Å². The minimum absolute atomic E-state index is 0.0369. The number of carbonyl (C=O) groups is 1. The van der Waals surface area contributed by atoms with Crippen LogP contribution in [0, 0.1) is 0 Å². The molecule has 1 aliphatic heterocycles. The molecule has 11 heteroatoms. The molecule has 11 nitrogen and oxygen atoms in total. The summed E-state index contributed by atoms with van der Waals surface area (Å²) in [6.45, 7) is 1.68. The van der Waals surface area contributed by atoms with E-state index in [4.69, 9.17) is 9.84 Å². The van der Waals surface area contributed by atoms with Gasteiger partial charge in [0.2, 0.25) is 5.82 Å². The largest absolute Gasteiger partial charge is 0.400 e. The molecule has 1 amide bonds. The highest BCUT2D eigenvalue weighted by Gasteiger charge is 2.29. The molecule has 4 N–H and O–H groups in total. The molecule has 2 unspecified atom stereocenters. The van der Waals surface area contributed by atoms with E-state index >= 15 is 0 Å². The minimum Gasteiger partial charge on any atom is -0.400 e. The molecule has 1 aliphatic rings. The van der Waals surface area contributed by atoms with Crippen LogP contribution in [0.15, 0.2) is 67.0 Å². The second-order valence-corrected chi connectivity index (χ2v) is 10.0. The number of anilines is 1. The van der Waals surface area contributed by atoms with Crippen LogP contribution in [-0.2, 0) is 4.74 Å². The Morgan fingerprint density at radius 3 is 2.29 bits per heavy atom. The van der Waals surface area contributed by atoms with Gasteiger partial charge < -0.3 is 30.5 Å². The summed E-state index contributed by atoms with van der Waals surface area (Å²) in [4.78, 5) is 28.9. The second-order valence-electron chi connectivity index (χ2n) is 10.0. The molecule has 2 aromatic carbocycles. The number of amides is 1. The lowest BCUT2D eigenvalue weighted by Gasteiger charge is -2.20. The van der Waals surface area contributed by atoms with Gasteiger partial charge in [-0.1, -0.05) is 60.7 Å². The van der Waals surface area contributed by atoms with Crippen molar-refractivity contribution in [2.24, 2.45) is 0 Å². The predicted octanol–water partition coefficient (Wildman–Crippen LogP) is 2.64. The third-order valence-electron chi connectivity index (χ3n) is 6.95. The molecule has 1 fully saturated rings. The molecule has 0 bridgehead atoms. The van der Waals surface area contributed by atoms with Crippen molar-refractivity contribution in [3.05, 3.63) is 83.9 Å². The Hall–Kier alpha value is -3.90. The summed E-state index contributed by atoms with van der Waals surface area (Å²) >= 11 is 0. The average molecular weight is 562 g/mol. The lowest BCUT2D eigenvalue weighted by molar-refractivity contribution is -0.0207. The number of nitrogens with one attached hydrogen (secondary N) is 2. The van der Waals surface area contributed by atoms with Gasteiger partial charge in [-0.2, -0.15) is 0 Å². The van der Waals surface area contributed by atoms with Crippen molar-refractivity contribution in [1.29, 1.82) is 0 Å². The summed E-state index contributed by atoms with van der Waals surface area (Å²) in [5.74, 6) is 0.265. The van der Waals surface area contributed by atoms with E-state index in [2.05, 4.69) is 49.9 Å². The van der Waals surface area contributed by atoms with Gasteiger partial charge in [0.05, 0.1) is 19.0 Å². The predicted molar refractivity (Wildman–Crippen MR) is 158 cm³/mol. The maximum Gasteiger partial charge on any atom is 0.289 e. The summed E-state index contributed by atoms with van der Waals surface area (Å²) < 4.78 is 7.83. The Balaban J connectivity index is 0.00000189. The number of aliphatic hydroxyl groups is 2. The molecule has 2 atom stereocenters. The number of aliphatic hydroxyl groups excluding tert-OH is 2. The number of hydrogen-bond donors (Lipinski definition) is 4. The first-order chi connectivity index (χ1) is 20.0. The summed E-state index contributed by atoms with van der Waals surface area (Å²) in [5, 5.41) is 22.9. The van der Waals surface area contributed by atoms with Crippen LogP contribution in [0.1, 0.15) is 46.7 Å². The summed E-state index contributed by atoms with van der Waals surface area (Å²) in [7, 11) is 4.90. The number of ether oxygens (including phenoxy) is 1. The van der Waals surface area contributed by atoms with Crippen LogP contribution < -0.4 is 10.6 Å². The van der Waals surface area contributed by atoms with E-state index in [1.807, 2.05) is 60.0 Å². The number of aromatic nitrogens is 4. The van der Waals surface area contributed by atoms with Crippen LogP contribution in [0.5, 0.6) is 0 Å². The van der Waals surface area contributed by atoms with E-state index in [1.54, 1.807) is 6.33 Å². The lowest BCUT2D eigenvalue weighted by atomic mass is 9.91. The maximum atomic E-state index is 13.1. The van der Waals surface area contributed by atoms with Crippen molar-refractivity contribution in [1.82, 2.24) is 29.7 Å². The average Bonchev–Trinajstić information content (AvgIpc) is 3.66. The van der Waals surface area contributed by atoms with Crippen molar-refractivity contribution in [3.63, 3.8) is 0 Å². The normalized spacial score (nSPS) is 16.6. The van der Waals surface area contributed by atoms with Gasteiger partial charge in [-0.3, -0.25) is 9.36 Å². The Bertz CT molecular complexity index is 1340. The van der Waals surface area contributed by atoms with Crippen molar-refractivity contribution in [2.75, 3.05) is 52.8 Å². The fourth-order valence-corrected chi connectivity index (χ4v) is 4.85. The number of carbonyl (C=O) groups excluding carboxylic acids is 1. The molecule has 0 saturated carbocycles. The van der Waals surface area contributed by atoms with E-state index in [9.17, 15) is 9.90 Å². The van der Waals surface area contributed by atoms with Crippen molar-refractivity contribution in [3.8, 4) is 0 Å². The van der Waals surface area contributed by atoms with Crippen LogP contribution in [0.2, 0.25) is 0 Å². The molecular weight excluding hydrogens is 522 g/mol. The first kappa shape index (κ1) is 30.1. The Morgan fingerprint density at radius 2 is 1.71 bits per heavy atom. The fraction of sp³-hybridized carbons (Fsp3) is 0.400. The highest BCUT2D eigenvalue weighted by Crippen LogP contribution is 2.32. The molecule has 218 valence electrons. The first-order valence-corrected chi connectivity index (χ1v) is 13.8. The van der Waals surface area contributed by atoms with Crippen molar-refractivity contribution >= 4 is 22.9 Å². The zero-order valence-corrected chi connectivity index (χ0v) is 23.8. The van der Waals surface area contributed by atoms with Gasteiger partial charge in [0.1, 0.15) is 6.23 Å². The second kappa shape index (κ2) is 14.6.